The lowest BCUT2D eigenvalue weighted by Crippen LogP contribution is -2.00. The summed E-state index contributed by atoms with van der Waals surface area (Å²) >= 11 is 0. The number of nitrogens with two attached hydrogens (primary N) is 2. The minimum Gasteiger partial charge on any atom is -0.397 e. The fraction of sp³-hybridized carbons (Fsp3) is 0.400. The van der Waals surface area contributed by atoms with Crippen LogP contribution in [0.3, 0.4) is 0 Å². The van der Waals surface area contributed by atoms with E-state index < -0.39 is 0 Å². The summed E-state index contributed by atoms with van der Waals surface area (Å²) in [7, 11) is 0. The molecule has 1 aromatic carbocycles. The molecular weight excluding hydrogens is 148 g/mol. The molecule has 0 saturated heterocycles. The van der Waals surface area contributed by atoms with Crippen molar-refractivity contribution in [3.63, 3.8) is 0 Å². The van der Waals surface area contributed by atoms with E-state index in [0.29, 0.717) is 5.69 Å². The van der Waals surface area contributed by atoms with Gasteiger partial charge in [0, 0.05) is 0 Å². The lowest BCUT2D eigenvalue weighted by molar-refractivity contribution is 0.923. The molecule has 0 radical (unpaired) electrons. The second kappa shape index (κ2) is 3.48. The van der Waals surface area contributed by atoms with Crippen LogP contribution in [0.4, 0.5) is 11.4 Å². The Morgan fingerprint density at radius 2 is 1.92 bits per heavy atom. The summed E-state index contributed by atoms with van der Waals surface area (Å²) < 4.78 is 0. The Morgan fingerprint density at radius 1 is 1.25 bits per heavy atom. The average molecular weight is 164 g/mol. The third kappa shape index (κ3) is 1.70. The molecule has 0 aliphatic rings. The SMILES string of the molecule is CCCc1cc(C)cc(N)c1N. The molecule has 66 valence electrons. The first-order chi connectivity index (χ1) is 5.65. The van der Waals surface area contributed by atoms with Gasteiger partial charge in [-0.1, -0.05) is 19.4 Å². The Bertz CT molecular complexity index is 279. The van der Waals surface area contributed by atoms with Crippen molar-refractivity contribution in [2.24, 2.45) is 0 Å². The summed E-state index contributed by atoms with van der Waals surface area (Å²) in [4.78, 5) is 0. The molecule has 0 aliphatic carbocycles. The monoisotopic (exact) mass is 164 g/mol. The fourth-order valence-electron chi connectivity index (χ4n) is 1.38. The molecule has 4 N–H and O–H groups in total. The highest BCUT2D eigenvalue weighted by molar-refractivity contribution is 5.68. The van der Waals surface area contributed by atoms with E-state index in [1.165, 1.54) is 11.1 Å². The number of hydrogen-bond acceptors (Lipinski definition) is 2. The van der Waals surface area contributed by atoms with Crippen LogP contribution in [-0.2, 0) is 6.42 Å². The molecule has 1 aromatic rings. The zero-order valence-electron chi connectivity index (χ0n) is 7.72. The first kappa shape index (κ1) is 8.91. The molecule has 0 spiro atoms. The van der Waals surface area contributed by atoms with Crippen molar-refractivity contribution in [2.45, 2.75) is 26.7 Å². The van der Waals surface area contributed by atoms with E-state index in [0.717, 1.165) is 18.5 Å². The second-order valence-corrected chi connectivity index (χ2v) is 3.18. The van der Waals surface area contributed by atoms with Crippen LogP contribution in [0.1, 0.15) is 24.5 Å². The van der Waals surface area contributed by atoms with E-state index in [1.54, 1.807) is 0 Å². The van der Waals surface area contributed by atoms with Crippen LogP contribution in [0.5, 0.6) is 0 Å². The lowest BCUT2D eigenvalue weighted by atomic mass is 10.0. The van der Waals surface area contributed by atoms with E-state index in [9.17, 15) is 0 Å². The Morgan fingerprint density at radius 3 is 2.50 bits per heavy atom. The van der Waals surface area contributed by atoms with Gasteiger partial charge in [-0.15, -0.1) is 0 Å². The van der Waals surface area contributed by atoms with Crippen LogP contribution >= 0.6 is 0 Å². The van der Waals surface area contributed by atoms with E-state index in [4.69, 9.17) is 11.5 Å². The van der Waals surface area contributed by atoms with Crippen molar-refractivity contribution in [1.29, 1.82) is 0 Å². The van der Waals surface area contributed by atoms with Gasteiger partial charge in [0.1, 0.15) is 0 Å². The fourth-order valence-corrected chi connectivity index (χ4v) is 1.38. The third-order valence-electron chi connectivity index (χ3n) is 1.96. The van der Waals surface area contributed by atoms with Crippen molar-refractivity contribution >= 4 is 11.4 Å². The van der Waals surface area contributed by atoms with Crippen molar-refractivity contribution in [3.05, 3.63) is 23.3 Å². The first-order valence-electron chi connectivity index (χ1n) is 4.29. The van der Waals surface area contributed by atoms with Crippen LogP contribution in [0.2, 0.25) is 0 Å². The summed E-state index contributed by atoms with van der Waals surface area (Å²) in [6.07, 6.45) is 2.12. The van der Waals surface area contributed by atoms with E-state index in [-0.39, 0.29) is 0 Å². The number of benzene rings is 1. The van der Waals surface area contributed by atoms with Gasteiger partial charge in [-0.3, -0.25) is 0 Å². The number of rotatable bonds is 2. The number of hydrogen-bond donors (Lipinski definition) is 2. The van der Waals surface area contributed by atoms with Gasteiger partial charge in [-0.05, 0) is 30.5 Å². The largest absolute Gasteiger partial charge is 0.397 e. The molecular formula is C10H16N2. The molecule has 0 aliphatic heterocycles. The van der Waals surface area contributed by atoms with Crippen molar-refractivity contribution in [2.75, 3.05) is 11.5 Å². The van der Waals surface area contributed by atoms with Gasteiger partial charge in [0.25, 0.3) is 0 Å². The Hall–Kier alpha value is -1.18. The molecule has 2 heteroatoms. The third-order valence-corrected chi connectivity index (χ3v) is 1.96. The van der Waals surface area contributed by atoms with E-state index in [2.05, 4.69) is 13.0 Å². The highest BCUT2D eigenvalue weighted by atomic mass is 14.7. The quantitative estimate of drug-likeness (QED) is 0.658. The Kier molecular flexibility index (Phi) is 2.58. The highest BCUT2D eigenvalue weighted by Crippen LogP contribution is 2.22. The van der Waals surface area contributed by atoms with Gasteiger partial charge in [0.2, 0.25) is 0 Å². The molecule has 1 rings (SSSR count). The Balaban J connectivity index is 3.09. The summed E-state index contributed by atoms with van der Waals surface area (Å²) in [5.74, 6) is 0. The van der Waals surface area contributed by atoms with E-state index >= 15 is 0 Å². The topological polar surface area (TPSA) is 52.0 Å². The van der Waals surface area contributed by atoms with Crippen molar-refractivity contribution < 1.29 is 0 Å². The van der Waals surface area contributed by atoms with Gasteiger partial charge >= 0.3 is 0 Å². The summed E-state index contributed by atoms with van der Waals surface area (Å²) in [6.45, 7) is 4.17. The maximum atomic E-state index is 5.81. The predicted octanol–water partition coefficient (Wildman–Crippen LogP) is 2.11. The summed E-state index contributed by atoms with van der Waals surface area (Å²) in [5.41, 5.74) is 15.4. The first-order valence-corrected chi connectivity index (χ1v) is 4.29. The minimum absolute atomic E-state index is 0.707. The average Bonchev–Trinajstić information content (AvgIpc) is 2.00. The maximum Gasteiger partial charge on any atom is 0.0580 e. The van der Waals surface area contributed by atoms with E-state index in [1.807, 2.05) is 13.0 Å². The lowest BCUT2D eigenvalue weighted by Gasteiger charge is -2.08. The molecule has 0 amide bonds. The van der Waals surface area contributed by atoms with Crippen molar-refractivity contribution in [3.8, 4) is 0 Å². The minimum atomic E-state index is 0.707. The van der Waals surface area contributed by atoms with Crippen LogP contribution in [0.25, 0.3) is 0 Å². The zero-order valence-corrected chi connectivity index (χ0v) is 7.72. The molecule has 0 saturated carbocycles. The van der Waals surface area contributed by atoms with Gasteiger partial charge in [-0.25, -0.2) is 0 Å². The number of nitrogen functional groups attached to an aromatic ring is 2. The van der Waals surface area contributed by atoms with Gasteiger partial charge in [-0.2, -0.15) is 0 Å². The maximum absolute atomic E-state index is 5.81. The van der Waals surface area contributed by atoms with Gasteiger partial charge in [0.15, 0.2) is 0 Å². The molecule has 0 aromatic heterocycles. The second-order valence-electron chi connectivity index (χ2n) is 3.18. The number of anilines is 2. The summed E-state index contributed by atoms with van der Waals surface area (Å²) in [6, 6.07) is 4.02. The molecule has 0 unspecified atom stereocenters. The molecule has 12 heavy (non-hydrogen) atoms. The van der Waals surface area contributed by atoms with Crippen LogP contribution in [0, 0.1) is 6.92 Å². The molecule has 0 heterocycles. The number of aryl methyl sites for hydroxylation is 2. The normalized spacial score (nSPS) is 10.2. The standard InChI is InChI=1S/C10H16N2/c1-3-4-8-5-7(2)6-9(11)10(8)12/h5-6H,3-4,11-12H2,1-2H3. The van der Waals surface area contributed by atoms with Crippen LogP contribution in [0.15, 0.2) is 12.1 Å². The molecule has 2 nitrogen and oxygen atoms in total. The summed E-state index contributed by atoms with van der Waals surface area (Å²) in [5, 5.41) is 0. The molecule has 0 bridgehead atoms. The Labute approximate surface area is 73.6 Å². The molecule has 0 fully saturated rings. The van der Waals surface area contributed by atoms with Gasteiger partial charge < -0.3 is 11.5 Å². The van der Waals surface area contributed by atoms with Gasteiger partial charge in [0.05, 0.1) is 11.4 Å². The smallest absolute Gasteiger partial charge is 0.0580 e. The molecule has 0 atom stereocenters. The van der Waals surface area contributed by atoms with Crippen LogP contribution < -0.4 is 11.5 Å². The van der Waals surface area contributed by atoms with Crippen molar-refractivity contribution in [1.82, 2.24) is 0 Å². The zero-order chi connectivity index (χ0) is 9.14. The predicted molar refractivity (Wildman–Crippen MR) is 54.0 cm³/mol. The van der Waals surface area contributed by atoms with Crippen LogP contribution in [-0.4, -0.2) is 0 Å². The highest BCUT2D eigenvalue weighted by Gasteiger charge is 2.02.